The Morgan fingerprint density at radius 1 is 0.955 bits per heavy atom. The maximum atomic E-state index is 11.1. The van der Waals surface area contributed by atoms with E-state index >= 15 is 0 Å². The van der Waals surface area contributed by atoms with Crippen LogP contribution in [0, 0.1) is 20.2 Å². The number of amides is 1. The minimum absolute atomic E-state index is 0.0619. The predicted octanol–water partition coefficient (Wildman–Crippen LogP) is 3.13. The van der Waals surface area contributed by atoms with E-state index in [0.29, 0.717) is 11.1 Å². The fourth-order valence-electron chi connectivity index (χ4n) is 1.93. The van der Waals surface area contributed by atoms with Crippen LogP contribution in [0.25, 0.3) is 11.1 Å². The number of non-ortho nitro benzene ring substituents is 1. The van der Waals surface area contributed by atoms with Crippen molar-refractivity contribution in [3.05, 3.63) is 62.7 Å². The number of benzene rings is 2. The molecule has 2 aromatic carbocycles. The highest BCUT2D eigenvalue weighted by Gasteiger charge is 2.16. The van der Waals surface area contributed by atoms with Crippen molar-refractivity contribution >= 4 is 23.0 Å². The second-order valence-corrected chi connectivity index (χ2v) is 4.47. The lowest BCUT2D eigenvalue weighted by Gasteiger charge is -2.06. The van der Waals surface area contributed by atoms with Crippen molar-refractivity contribution in [1.29, 1.82) is 0 Å². The summed E-state index contributed by atoms with van der Waals surface area (Å²) < 4.78 is 0. The SMILES string of the molecule is CC(=O)Nc1ccc(-c2ccc([N+](=O)[O-])cc2)cc1[N+](=O)[O-]. The molecule has 0 spiro atoms. The van der Waals surface area contributed by atoms with E-state index in [9.17, 15) is 25.0 Å². The molecule has 2 rings (SSSR count). The Morgan fingerprint density at radius 2 is 1.55 bits per heavy atom. The van der Waals surface area contributed by atoms with E-state index in [2.05, 4.69) is 5.32 Å². The van der Waals surface area contributed by atoms with E-state index in [1.165, 1.54) is 43.3 Å². The molecule has 0 fully saturated rings. The smallest absolute Gasteiger partial charge is 0.293 e. The summed E-state index contributed by atoms with van der Waals surface area (Å²) in [6, 6.07) is 10.00. The van der Waals surface area contributed by atoms with Crippen LogP contribution in [-0.2, 0) is 4.79 Å². The molecule has 0 aliphatic rings. The summed E-state index contributed by atoms with van der Waals surface area (Å²) in [7, 11) is 0. The van der Waals surface area contributed by atoms with Crippen molar-refractivity contribution in [3.63, 3.8) is 0 Å². The van der Waals surface area contributed by atoms with Gasteiger partial charge in [-0.05, 0) is 29.3 Å². The van der Waals surface area contributed by atoms with Gasteiger partial charge in [-0.3, -0.25) is 25.0 Å². The van der Waals surface area contributed by atoms with Crippen LogP contribution in [0.1, 0.15) is 6.92 Å². The van der Waals surface area contributed by atoms with Crippen molar-refractivity contribution in [2.75, 3.05) is 5.32 Å². The summed E-state index contributed by atoms with van der Waals surface area (Å²) in [5.74, 6) is -0.411. The molecular formula is C14H11N3O5. The van der Waals surface area contributed by atoms with E-state index in [4.69, 9.17) is 0 Å². The molecule has 112 valence electrons. The summed E-state index contributed by atoms with van der Waals surface area (Å²) in [5, 5.41) is 24.1. The van der Waals surface area contributed by atoms with Gasteiger partial charge in [0.15, 0.2) is 0 Å². The van der Waals surface area contributed by atoms with Crippen molar-refractivity contribution in [2.24, 2.45) is 0 Å². The van der Waals surface area contributed by atoms with Crippen LogP contribution in [0.5, 0.6) is 0 Å². The minimum Gasteiger partial charge on any atom is -0.321 e. The first-order valence-corrected chi connectivity index (χ1v) is 6.19. The summed E-state index contributed by atoms with van der Waals surface area (Å²) in [6.45, 7) is 1.26. The number of nitro groups is 2. The lowest BCUT2D eigenvalue weighted by molar-refractivity contribution is -0.384. The molecule has 0 saturated carbocycles. The lowest BCUT2D eigenvalue weighted by Crippen LogP contribution is -2.08. The van der Waals surface area contributed by atoms with Gasteiger partial charge in [0.1, 0.15) is 5.69 Å². The van der Waals surface area contributed by atoms with E-state index in [1.54, 1.807) is 6.07 Å². The Morgan fingerprint density at radius 3 is 2.05 bits per heavy atom. The number of hydrogen-bond donors (Lipinski definition) is 1. The lowest BCUT2D eigenvalue weighted by atomic mass is 10.0. The molecular weight excluding hydrogens is 290 g/mol. The third-order valence-electron chi connectivity index (χ3n) is 2.92. The number of nitrogens with one attached hydrogen (secondary N) is 1. The maximum absolute atomic E-state index is 11.1. The molecule has 0 aromatic heterocycles. The Hall–Kier alpha value is -3.29. The van der Waals surface area contributed by atoms with Crippen LogP contribution < -0.4 is 5.32 Å². The fraction of sp³-hybridized carbons (Fsp3) is 0.0714. The molecule has 22 heavy (non-hydrogen) atoms. The van der Waals surface area contributed by atoms with Gasteiger partial charge in [-0.15, -0.1) is 0 Å². The zero-order chi connectivity index (χ0) is 16.3. The highest BCUT2D eigenvalue weighted by molar-refractivity contribution is 5.92. The molecule has 0 aliphatic heterocycles. The maximum Gasteiger partial charge on any atom is 0.293 e. The highest BCUT2D eigenvalue weighted by Crippen LogP contribution is 2.31. The monoisotopic (exact) mass is 301 g/mol. The summed E-state index contributed by atoms with van der Waals surface area (Å²) in [5.41, 5.74) is 0.918. The van der Waals surface area contributed by atoms with Crippen LogP contribution in [-0.4, -0.2) is 15.8 Å². The third kappa shape index (κ3) is 3.23. The molecule has 0 unspecified atom stereocenters. The van der Waals surface area contributed by atoms with Gasteiger partial charge in [-0.25, -0.2) is 0 Å². The largest absolute Gasteiger partial charge is 0.321 e. The number of anilines is 1. The molecule has 1 N–H and O–H groups in total. The number of nitro benzene ring substituents is 2. The molecule has 8 heteroatoms. The van der Waals surface area contributed by atoms with Gasteiger partial charge in [-0.1, -0.05) is 6.07 Å². The quantitative estimate of drug-likeness (QED) is 0.688. The first-order valence-electron chi connectivity index (χ1n) is 6.19. The Balaban J connectivity index is 2.43. The number of carbonyl (C=O) groups is 1. The Bertz CT molecular complexity index is 756. The standard InChI is InChI=1S/C14H11N3O5/c1-9(18)15-13-7-4-11(8-14(13)17(21)22)10-2-5-12(6-3-10)16(19)20/h2-8H,1H3,(H,15,18). The molecule has 0 radical (unpaired) electrons. The van der Waals surface area contributed by atoms with Crippen molar-refractivity contribution in [3.8, 4) is 11.1 Å². The highest BCUT2D eigenvalue weighted by atomic mass is 16.6. The van der Waals surface area contributed by atoms with Gasteiger partial charge < -0.3 is 5.32 Å². The van der Waals surface area contributed by atoms with Gasteiger partial charge in [0.05, 0.1) is 9.85 Å². The van der Waals surface area contributed by atoms with Crippen LogP contribution in [0.2, 0.25) is 0 Å². The van der Waals surface area contributed by atoms with Gasteiger partial charge in [0, 0.05) is 25.1 Å². The van der Waals surface area contributed by atoms with Crippen LogP contribution in [0.15, 0.2) is 42.5 Å². The second-order valence-electron chi connectivity index (χ2n) is 4.47. The predicted molar refractivity (Wildman–Crippen MR) is 79.5 cm³/mol. The van der Waals surface area contributed by atoms with Gasteiger partial charge in [0.2, 0.25) is 5.91 Å². The van der Waals surface area contributed by atoms with Crippen molar-refractivity contribution < 1.29 is 14.6 Å². The zero-order valence-electron chi connectivity index (χ0n) is 11.5. The second kappa shape index (κ2) is 6.00. The van der Waals surface area contributed by atoms with Crippen LogP contribution in [0.4, 0.5) is 17.1 Å². The summed E-state index contributed by atoms with van der Waals surface area (Å²) in [6.07, 6.45) is 0. The topological polar surface area (TPSA) is 115 Å². The fourth-order valence-corrected chi connectivity index (χ4v) is 1.93. The van der Waals surface area contributed by atoms with Crippen LogP contribution in [0.3, 0.4) is 0 Å². The van der Waals surface area contributed by atoms with Gasteiger partial charge in [-0.2, -0.15) is 0 Å². The molecule has 8 nitrogen and oxygen atoms in total. The number of nitrogens with zero attached hydrogens (tertiary/aromatic N) is 2. The Labute approximate surface area is 124 Å². The van der Waals surface area contributed by atoms with E-state index in [0.717, 1.165) is 0 Å². The minimum atomic E-state index is -0.597. The molecule has 0 bridgehead atoms. The first-order chi connectivity index (χ1) is 10.4. The van der Waals surface area contributed by atoms with E-state index in [1.807, 2.05) is 0 Å². The van der Waals surface area contributed by atoms with E-state index in [-0.39, 0.29) is 17.1 Å². The number of carbonyl (C=O) groups excluding carboxylic acids is 1. The molecule has 0 heterocycles. The zero-order valence-corrected chi connectivity index (χ0v) is 11.5. The summed E-state index contributed by atoms with van der Waals surface area (Å²) >= 11 is 0. The summed E-state index contributed by atoms with van der Waals surface area (Å²) in [4.78, 5) is 31.6. The van der Waals surface area contributed by atoms with E-state index < -0.39 is 15.8 Å². The molecule has 0 atom stereocenters. The first kappa shape index (κ1) is 15.1. The molecule has 0 aliphatic carbocycles. The number of hydrogen-bond acceptors (Lipinski definition) is 5. The normalized spacial score (nSPS) is 10.0. The number of rotatable bonds is 4. The van der Waals surface area contributed by atoms with Gasteiger partial charge in [0.25, 0.3) is 11.4 Å². The third-order valence-corrected chi connectivity index (χ3v) is 2.92. The average molecular weight is 301 g/mol. The van der Waals surface area contributed by atoms with Gasteiger partial charge >= 0.3 is 0 Å². The Kier molecular flexibility index (Phi) is 4.12. The van der Waals surface area contributed by atoms with Crippen molar-refractivity contribution in [1.82, 2.24) is 0 Å². The average Bonchev–Trinajstić information content (AvgIpc) is 2.47. The van der Waals surface area contributed by atoms with Crippen molar-refractivity contribution in [2.45, 2.75) is 6.92 Å². The molecule has 1 amide bonds. The van der Waals surface area contributed by atoms with Crippen LogP contribution >= 0.6 is 0 Å². The molecule has 0 saturated heterocycles. The molecule has 2 aromatic rings.